The third kappa shape index (κ3) is 5.78. The van der Waals surface area contributed by atoms with Gasteiger partial charge in [0.25, 0.3) is 11.2 Å². The van der Waals surface area contributed by atoms with Crippen molar-refractivity contribution < 1.29 is 33.5 Å². The highest BCUT2D eigenvalue weighted by Crippen LogP contribution is 2.22. The molecule has 0 fully saturated rings. The van der Waals surface area contributed by atoms with Gasteiger partial charge in [-0.1, -0.05) is 0 Å². The standard InChI is InChI=1S/C24H22N4O9/c1-13(25-16-10-14(23(31)36-3)9-15(11-16)24(32)37-4)21-19(12-20(29)35-2)26-27(22(21)30)17-5-7-18(8-6-17)28(33)34/h5-11,26H,12H2,1-4H3. The molecule has 0 atom stereocenters. The molecule has 0 amide bonds. The number of nitro groups is 1. The van der Waals surface area contributed by atoms with Crippen LogP contribution in [0.5, 0.6) is 0 Å². The van der Waals surface area contributed by atoms with E-state index in [4.69, 9.17) is 14.2 Å². The number of nitrogens with zero attached hydrogens (tertiary/aromatic N) is 3. The number of hydrogen-bond acceptors (Lipinski definition) is 10. The Hall–Kier alpha value is -5.07. The molecule has 0 bridgehead atoms. The lowest BCUT2D eigenvalue weighted by Gasteiger charge is -2.06. The molecule has 13 nitrogen and oxygen atoms in total. The molecule has 0 radical (unpaired) electrons. The van der Waals surface area contributed by atoms with Crippen molar-refractivity contribution in [2.24, 2.45) is 4.99 Å². The topological polar surface area (TPSA) is 172 Å². The van der Waals surface area contributed by atoms with Crippen LogP contribution in [0.1, 0.15) is 38.9 Å². The van der Waals surface area contributed by atoms with Crippen LogP contribution in [0, 0.1) is 10.1 Å². The SMILES string of the molecule is COC(=O)Cc1[nH]n(-c2ccc([N+](=O)[O-])cc2)c(=O)c1C(C)=Nc1cc(C(=O)OC)cc(C(=O)OC)c1. The summed E-state index contributed by atoms with van der Waals surface area (Å²) in [6.45, 7) is 1.51. The van der Waals surface area contributed by atoms with E-state index in [0.29, 0.717) is 0 Å². The van der Waals surface area contributed by atoms with Crippen LogP contribution in [0.15, 0.2) is 52.3 Å². The maximum Gasteiger partial charge on any atom is 0.337 e. The van der Waals surface area contributed by atoms with Crippen LogP contribution >= 0.6 is 0 Å². The van der Waals surface area contributed by atoms with E-state index in [-0.39, 0.29) is 51.6 Å². The lowest BCUT2D eigenvalue weighted by atomic mass is 10.1. The van der Waals surface area contributed by atoms with Crippen LogP contribution < -0.4 is 5.56 Å². The van der Waals surface area contributed by atoms with Gasteiger partial charge < -0.3 is 14.2 Å². The van der Waals surface area contributed by atoms with Gasteiger partial charge in [-0.25, -0.2) is 14.3 Å². The molecule has 1 heterocycles. The molecule has 3 rings (SSSR count). The molecule has 0 unspecified atom stereocenters. The number of aliphatic imine (C=N–C) groups is 1. The summed E-state index contributed by atoms with van der Waals surface area (Å²) in [6, 6.07) is 9.22. The lowest BCUT2D eigenvalue weighted by molar-refractivity contribution is -0.384. The summed E-state index contributed by atoms with van der Waals surface area (Å²) in [4.78, 5) is 64.4. The number of H-pyrrole nitrogens is 1. The molecule has 2 aromatic carbocycles. The number of benzene rings is 2. The van der Waals surface area contributed by atoms with E-state index in [1.54, 1.807) is 0 Å². The molecule has 0 aliphatic heterocycles. The third-order valence-electron chi connectivity index (χ3n) is 5.25. The number of nitrogens with one attached hydrogen (secondary N) is 1. The quantitative estimate of drug-likeness (QED) is 0.157. The average Bonchev–Trinajstić information content (AvgIpc) is 3.22. The minimum Gasteiger partial charge on any atom is -0.469 e. The van der Waals surface area contributed by atoms with E-state index < -0.39 is 28.4 Å². The minimum absolute atomic E-state index is 0.0316. The molecule has 1 N–H and O–H groups in total. The Morgan fingerprint density at radius 1 is 0.973 bits per heavy atom. The van der Waals surface area contributed by atoms with Crippen molar-refractivity contribution in [2.75, 3.05) is 21.3 Å². The highest BCUT2D eigenvalue weighted by molar-refractivity contribution is 6.03. The summed E-state index contributed by atoms with van der Waals surface area (Å²) in [5, 5.41) is 13.8. The Kier molecular flexibility index (Phi) is 7.97. The van der Waals surface area contributed by atoms with Gasteiger partial charge in [-0.05, 0) is 37.3 Å². The van der Waals surface area contributed by atoms with Gasteiger partial charge in [-0.2, -0.15) is 0 Å². The Bertz CT molecular complexity index is 1430. The first-order chi connectivity index (χ1) is 17.6. The normalized spacial score (nSPS) is 11.1. The molecular weight excluding hydrogens is 488 g/mol. The van der Waals surface area contributed by atoms with Crippen LogP contribution in [0.25, 0.3) is 5.69 Å². The molecule has 0 aliphatic carbocycles. The third-order valence-corrected chi connectivity index (χ3v) is 5.25. The van der Waals surface area contributed by atoms with Crippen molar-refractivity contribution in [3.05, 3.63) is 85.3 Å². The lowest BCUT2D eigenvalue weighted by Crippen LogP contribution is -2.20. The maximum atomic E-state index is 13.4. The number of carbonyl (C=O) groups excluding carboxylic acids is 3. The maximum absolute atomic E-state index is 13.4. The van der Waals surface area contributed by atoms with Crippen molar-refractivity contribution in [2.45, 2.75) is 13.3 Å². The Balaban J connectivity index is 2.17. The molecule has 1 aromatic heterocycles. The van der Waals surface area contributed by atoms with Crippen LogP contribution in [-0.4, -0.2) is 59.7 Å². The molecule has 192 valence electrons. The largest absolute Gasteiger partial charge is 0.469 e. The number of aromatic nitrogens is 2. The zero-order valence-corrected chi connectivity index (χ0v) is 20.3. The Morgan fingerprint density at radius 2 is 1.54 bits per heavy atom. The second-order valence-electron chi connectivity index (χ2n) is 7.58. The fourth-order valence-corrected chi connectivity index (χ4v) is 3.50. The summed E-state index contributed by atoms with van der Waals surface area (Å²) < 4.78 is 15.3. The second-order valence-corrected chi connectivity index (χ2v) is 7.58. The van der Waals surface area contributed by atoms with Gasteiger partial charge in [0.1, 0.15) is 0 Å². The summed E-state index contributed by atoms with van der Waals surface area (Å²) in [7, 11) is 3.56. The predicted molar refractivity (Wildman–Crippen MR) is 130 cm³/mol. The fraction of sp³-hybridized carbons (Fsp3) is 0.208. The molecule has 0 spiro atoms. The number of rotatable bonds is 8. The van der Waals surface area contributed by atoms with Gasteiger partial charge >= 0.3 is 17.9 Å². The van der Waals surface area contributed by atoms with Gasteiger partial charge in [0.2, 0.25) is 0 Å². The van der Waals surface area contributed by atoms with Crippen molar-refractivity contribution in [3.63, 3.8) is 0 Å². The van der Waals surface area contributed by atoms with E-state index in [2.05, 4.69) is 10.1 Å². The average molecular weight is 510 g/mol. The minimum atomic E-state index is -0.714. The van der Waals surface area contributed by atoms with Crippen LogP contribution in [0.4, 0.5) is 11.4 Å². The molecular formula is C24H22N4O9. The number of nitro benzene ring substituents is 1. The van der Waals surface area contributed by atoms with E-state index in [1.807, 2.05) is 0 Å². The first-order valence-electron chi connectivity index (χ1n) is 10.6. The van der Waals surface area contributed by atoms with E-state index in [1.165, 1.54) is 70.7 Å². The number of hydrogen-bond donors (Lipinski definition) is 1. The van der Waals surface area contributed by atoms with Gasteiger partial charge in [-0.15, -0.1) is 0 Å². The highest BCUT2D eigenvalue weighted by Gasteiger charge is 2.21. The zero-order chi connectivity index (χ0) is 27.3. The van der Waals surface area contributed by atoms with Crippen molar-refractivity contribution in [1.82, 2.24) is 9.78 Å². The van der Waals surface area contributed by atoms with Crippen LogP contribution in [0.3, 0.4) is 0 Å². The van der Waals surface area contributed by atoms with E-state index >= 15 is 0 Å². The predicted octanol–water partition coefficient (Wildman–Crippen LogP) is 2.50. The molecule has 3 aromatic rings. The van der Waals surface area contributed by atoms with Gasteiger partial charge in [0.05, 0.1) is 72.1 Å². The zero-order valence-electron chi connectivity index (χ0n) is 20.3. The van der Waals surface area contributed by atoms with Crippen molar-refractivity contribution >= 4 is 35.0 Å². The summed E-state index contributed by atoms with van der Waals surface area (Å²) in [5.74, 6) is -2.06. The van der Waals surface area contributed by atoms with Crippen LogP contribution in [0.2, 0.25) is 0 Å². The Labute approximate surface area is 209 Å². The first kappa shape index (κ1) is 26.5. The molecule has 0 saturated heterocycles. The first-order valence-corrected chi connectivity index (χ1v) is 10.6. The molecule has 0 aliphatic rings. The van der Waals surface area contributed by atoms with Crippen molar-refractivity contribution in [1.29, 1.82) is 0 Å². The van der Waals surface area contributed by atoms with E-state index in [9.17, 15) is 29.3 Å². The second kappa shape index (κ2) is 11.1. The molecule has 13 heteroatoms. The number of non-ortho nitro benzene ring substituents is 1. The Morgan fingerprint density at radius 3 is 2.03 bits per heavy atom. The number of ether oxygens (including phenoxy) is 3. The smallest absolute Gasteiger partial charge is 0.337 e. The number of aromatic amines is 1. The molecule has 0 saturated carbocycles. The van der Waals surface area contributed by atoms with Gasteiger partial charge in [0.15, 0.2) is 0 Å². The summed E-state index contributed by atoms with van der Waals surface area (Å²) >= 11 is 0. The van der Waals surface area contributed by atoms with Gasteiger partial charge in [-0.3, -0.25) is 29.8 Å². The van der Waals surface area contributed by atoms with Crippen LogP contribution in [-0.2, 0) is 25.4 Å². The fourth-order valence-electron chi connectivity index (χ4n) is 3.50. The number of esters is 3. The highest BCUT2D eigenvalue weighted by atomic mass is 16.6. The van der Waals surface area contributed by atoms with Crippen molar-refractivity contribution in [3.8, 4) is 5.69 Å². The van der Waals surface area contributed by atoms with Gasteiger partial charge in [0, 0.05) is 12.1 Å². The summed E-state index contributed by atoms with van der Waals surface area (Å²) in [6.07, 6.45) is -0.302. The van der Waals surface area contributed by atoms with E-state index in [0.717, 1.165) is 4.68 Å². The number of carbonyl (C=O) groups is 3. The number of methoxy groups -OCH3 is 3. The monoisotopic (exact) mass is 510 g/mol. The summed E-state index contributed by atoms with van der Waals surface area (Å²) in [5.41, 5.74) is 0.0931. The molecule has 37 heavy (non-hydrogen) atoms.